The number of halogens is 1. The lowest BCUT2D eigenvalue weighted by Gasteiger charge is -2.31. The number of fused-ring (bicyclic) bond motifs is 1. The van der Waals surface area contributed by atoms with E-state index in [1.807, 2.05) is 55.5 Å². The SMILES string of the molecule is Cc1ccc(C(C)NC(=O)c2ccc3c(c2)OCCN3Cc2ccc(-c3ccccc3C(=O)O)cc2)cc1F. The average Bonchev–Trinajstić information content (AvgIpc) is 2.94. The molecule has 0 aliphatic carbocycles. The molecule has 0 fully saturated rings. The molecule has 0 saturated heterocycles. The molecule has 1 aliphatic heterocycles. The van der Waals surface area contributed by atoms with E-state index in [0.29, 0.717) is 47.7 Å². The van der Waals surface area contributed by atoms with Crippen molar-refractivity contribution in [3.8, 4) is 16.9 Å². The Morgan fingerprint density at radius 1 is 1.03 bits per heavy atom. The summed E-state index contributed by atoms with van der Waals surface area (Å²) in [6, 6.07) is 24.9. The molecule has 198 valence electrons. The first-order valence-corrected chi connectivity index (χ1v) is 12.8. The van der Waals surface area contributed by atoms with Crippen molar-refractivity contribution < 1.29 is 23.8 Å². The smallest absolute Gasteiger partial charge is 0.336 e. The fourth-order valence-corrected chi connectivity index (χ4v) is 4.76. The van der Waals surface area contributed by atoms with E-state index in [0.717, 1.165) is 16.8 Å². The van der Waals surface area contributed by atoms with E-state index >= 15 is 0 Å². The van der Waals surface area contributed by atoms with Gasteiger partial charge in [-0.05, 0) is 72.0 Å². The summed E-state index contributed by atoms with van der Waals surface area (Å²) in [7, 11) is 0. The van der Waals surface area contributed by atoms with Crippen molar-refractivity contribution in [1.29, 1.82) is 0 Å². The van der Waals surface area contributed by atoms with Gasteiger partial charge in [-0.15, -0.1) is 0 Å². The second kappa shape index (κ2) is 11.0. The third-order valence-corrected chi connectivity index (χ3v) is 7.02. The summed E-state index contributed by atoms with van der Waals surface area (Å²) in [6.07, 6.45) is 0. The van der Waals surface area contributed by atoms with Crippen LogP contribution in [0.2, 0.25) is 0 Å². The number of hydrogen-bond acceptors (Lipinski definition) is 4. The molecule has 0 radical (unpaired) electrons. The second-order valence-electron chi connectivity index (χ2n) is 9.70. The van der Waals surface area contributed by atoms with Crippen LogP contribution in [-0.2, 0) is 6.54 Å². The lowest BCUT2D eigenvalue weighted by atomic mass is 9.98. The summed E-state index contributed by atoms with van der Waals surface area (Å²) in [4.78, 5) is 26.7. The Balaban J connectivity index is 1.29. The van der Waals surface area contributed by atoms with Crippen LogP contribution < -0.4 is 15.0 Å². The first-order chi connectivity index (χ1) is 18.8. The van der Waals surface area contributed by atoms with Crippen molar-refractivity contribution in [2.75, 3.05) is 18.1 Å². The summed E-state index contributed by atoms with van der Waals surface area (Å²) >= 11 is 0. The quantitative estimate of drug-likeness (QED) is 0.293. The second-order valence-corrected chi connectivity index (χ2v) is 9.70. The molecule has 1 aliphatic rings. The molecule has 4 aromatic carbocycles. The number of amides is 1. The Morgan fingerprint density at radius 2 is 1.79 bits per heavy atom. The number of hydrogen-bond donors (Lipinski definition) is 2. The van der Waals surface area contributed by atoms with Crippen molar-refractivity contribution in [2.45, 2.75) is 26.4 Å². The molecule has 1 heterocycles. The number of ether oxygens (including phenoxy) is 1. The number of rotatable bonds is 7. The van der Waals surface area contributed by atoms with Crippen LogP contribution in [0.5, 0.6) is 5.75 Å². The number of carbonyl (C=O) groups is 2. The fourth-order valence-electron chi connectivity index (χ4n) is 4.76. The zero-order valence-electron chi connectivity index (χ0n) is 21.8. The molecule has 7 heteroatoms. The molecule has 5 rings (SSSR count). The van der Waals surface area contributed by atoms with Crippen molar-refractivity contribution in [3.63, 3.8) is 0 Å². The molecule has 0 bridgehead atoms. The van der Waals surface area contributed by atoms with Crippen LogP contribution in [0, 0.1) is 12.7 Å². The molecular weight excluding hydrogens is 495 g/mol. The maximum atomic E-state index is 14.0. The maximum absolute atomic E-state index is 14.0. The van der Waals surface area contributed by atoms with E-state index in [4.69, 9.17) is 4.74 Å². The number of carboxylic acid groups (broad SMARTS) is 1. The van der Waals surface area contributed by atoms with Gasteiger partial charge in [-0.2, -0.15) is 0 Å². The molecule has 6 nitrogen and oxygen atoms in total. The highest BCUT2D eigenvalue weighted by Crippen LogP contribution is 2.34. The maximum Gasteiger partial charge on any atom is 0.336 e. The van der Waals surface area contributed by atoms with Crippen LogP contribution in [0.25, 0.3) is 11.1 Å². The normalized spacial score (nSPS) is 13.3. The Morgan fingerprint density at radius 3 is 2.54 bits per heavy atom. The van der Waals surface area contributed by atoms with Gasteiger partial charge in [0.1, 0.15) is 18.2 Å². The topological polar surface area (TPSA) is 78.9 Å². The minimum atomic E-state index is -0.953. The molecule has 1 atom stereocenters. The van der Waals surface area contributed by atoms with Crippen LogP contribution in [0.3, 0.4) is 0 Å². The van der Waals surface area contributed by atoms with Gasteiger partial charge in [-0.25, -0.2) is 9.18 Å². The van der Waals surface area contributed by atoms with Crippen molar-refractivity contribution in [3.05, 3.63) is 119 Å². The lowest BCUT2D eigenvalue weighted by molar-refractivity contribution is 0.0697. The number of aromatic carboxylic acids is 1. The zero-order chi connectivity index (χ0) is 27.5. The number of carbonyl (C=O) groups excluding carboxylic acids is 1. The number of aryl methyl sites for hydroxylation is 1. The molecule has 2 N–H and O–H groups in total. The minimum Gasteiger partial charge on any atom is -0.490 e. The van der Waals surface area contributed by atoms with Crippen molar-refractivity contribution >= 4 is 17.6 Å². The van der Waals surface area contributed by atoms with Gasteiger partial charge in [0.15, 0.2) is 0 Å². The summed E-state index contributed by atoms with van der Waals surface area (Å²) in [5, 5.41) is 12.4. The van der Waals surface area contributed by atoms with Crippen molar-refractivity contribution in [1.82, 2.24) is 5.32 Å². The predicted molar refractivity (Wildman–Crippen MR) is 149 cm³/mol. The first kappa shape index (κ1) is 26.0. The third kappa shape index (κ3) is 5.62. The van der Waals surface area contributed by atoms with Crippen LogP contribution in [0.4, 0.5) is 10.1 Å². The zero-order valence-corrected chi connectivity index (χ0v) is 21.8. The van der Waals surface area contributed by atoms with E-state index in [2.05, 4.69) is 10.2 Å². The number of nitrogens with zero attached hydrogens (tertiary/aromatic N) is 1. The molecule has 0 aromatic heterocycles. The van der Waals surface area contributed by atoms with Gasteiger partial charge in [-0.3, -0.25) is 4.79 Å². The highest BCUT2D eigenvalue weighted by Gasteiger charge is 2.21. The van der Waals surface area contributed by atoms with Crippen LogP contribution in [0.1, 0.15) is 50.4 Å². The first-order valence-electron chi connectivity index (χ1n) is 12.8. The number of nitrogens with one attached hydrogen (secondary N) is 1. The highest BCUT2D eigenvalue weighted by molar-refractivity contribution is 5.96. The molecule has 4 aromatic rings. The van der Waals surface area contributed by atoms with Gasteiger partial charge >= 0.3 is 5.97 Å². The van der Waals surface area contributed by atoms with E-state index in [9.17, 15) is 19.1 Å². The van der Waals surface area contributed by atoms with Crippen LogP contribution in [-0.4, -0.2) is 30.1 Å². The Kier molecular flexibility index (Phi) is 7.32. The van der Waals surface area contributed by atoms with Gasteiger partial charge < -0.3 is 20.1 Å². The van der Waals surface area contributed by atoms with E-state index in [-0.39, 0.29) is 23.3 Å². The Hall–Kier alpha value is -4.65. The predicted octanol–water partition coefficient (Wildman–Crippen LogP) is 6.39. The fraction of sp³-hybridized carbons (Fsp3) is 0.188. The van der Waals surface area contributed by atoms with Gasteiger partial charge in [0, 0.05) is 12.1 Å². The Labute approximate surface area is 226 Å². The molecule has 0 spiro atoms. The molecule has 1 unspecified atom stereocenters. The van der Waals surface area contributed by atoms with E-state index in [1.165, 1.54) is 6.07 Å². The number of anilines is 1. The van der Waals surface area contributed by atoms with Gasteiger partial charge in [0.2, 0.25) is 0 Å². The average molecular weight is 525 g/mol. The molecule has 0 saturated carbocycles. The van der Waals surface area contributed by atoms with E-state index < -0.39 is 5.97 Å². The summed E-state index contributed by atoms with van der Waals surface area (Å²) in [6.45, 7) is 5.34. The van der Waals surface area contributed by atoms with Crippen LogP contribution >= 0.6 is 0 Å². The monoisotopic (exact) mass is 524 g/mol. The van der Waals surface area contributed by atoms with Gasteiger partial charge in [-0.1, -0.05) is 54.6 Å². The standard InChI is InChI=1S/C32H29FN2O4/c1-20-7-10-24(17-28(20)33)21(2)34-31(36)25-13-14-29-30(18-25)39-16-15-35(29)19-22-8-11-23(12-9-22)26-5-3-4-6-27(26)32(37)38/h3-14,17-18,21H,15-16,19H2,1-2H3,(H,34,36)(H,37,38). The molecular formula is C32H29FN2O4. The largest absolute Gasteiger partial charge is 0.490 e. The number of benzene rings is 4. The highest BCUT2D eigenvalue weighted by atomic mass is 19.1. The third-order valence-electron chi connectivity index (χ3n) is 7.02. The summed E-state index contributed by atoms with van der Waals surface area (Å²) in [5.41, 5.74) is 5.49. The van der Waals surface area contributed by atoms with E-state index in [1.54, 1.807) is 37.3 Å². The van der Waals surface area contributed by atoms with Crippen LogP contribution in [0.15, 0.2) is 84.9 Å². The Bertz CT molecular complexity index is 1530. The molecule has 1 amide bonds. The minimum absolute atomic E-state index is 0.260. The molecule has 39 heavy (non-hydrogen) atoms. The van der Waals surface area contributed by atoms with Gasteiger partial charge in [0.25, 0.3) is 5.91 Å². The lowest BCUT2D eigenvalue weighted by Crippen LogP contribution is -2.32. The van der Waals surface area contributed by atoms with Crippen molar-refractivity contribution in [2.24, 2.45) is 0 Å². The number of carboxylic acids is 1. The summed E-state index contributed by atoms with van der Waals surface area (Å²) < 4.78 is 19.9. The van der Waals surface area contributed by atoms with Gasteiger partial charge in [0.05, 0.1) is 23.8 Å². The summed E-state index contributed by atoms with van der Waals surface area (Å²) in [5.74, 6) is -0.874.